The maximum absolute atomic E-state index is 14.2. The zero-order valence-electron chi connectivity index (χ0n) is 23.3. The molecule has 0 saturated heterocycles. The normalized spacial score (nSPS) is 11.5. The molecule has 0 aliphatic carbocycles. The highest BCUT2D eigenvalue weighted by Gasteiger charge is 2.29. The lowest BCUT2D eigenvalue weighted by Crippen LogP contribution is -2.15. The molecule has 1 heterocycles. The Labute approximate surface area is 228 Å². The Morgan fingerprint density at radius 3 is 2.38 bits per heavy atom. The Hall–Kier alpha value is -4.00. The molecule has 0 aliphatic heterocycles. The molecule has 1 amide bonds. The number of methoxy groups -OCH3 is 1. The van der Waals surface area contributed by atoms with Crippen molar-refractivity contribution < 1.29 is 18.3 Å². The predicted molar refractivity (Wildman–Crippen MR) is 153 cm³/mol. The number of ether oxygens (including phenoxy) is 1. The average molecular weight is 532 g/mol. The van der Waals surface area contributed by atoms with E-state index in [1.807, 2.05) is 18.2 Å². The fourth-order valence-corrected chi connectivity index (χ4v) is 5.00. The molecule has 1 aromatic heterocycles. The fraction of sp³-hybridized carbons (Fsp3) is 0.312. The van der Waals surface area contributed by atoms with Gasteiger partial charge in [-0.15, -0.1) is 0 Å². The summed E-state index contributed by atoms with van der Waals surface area (Å²) in [6.07, 6.45) is 1.79. The number of nitrogens with zero attached hydrogens (tertiary/aromatic N) is 1. The molecule has 0 bridgehead atoms. The van der Waals surface area contributed by atoms with Gasteiger partial charge in [0.05, 0.1) is 7.11 Å². The minimum Gasteiger partial charge on any atom is -0.496 e. The molecule has 39 heavy (non-hydrogen) atoms. The largest absolute Gasteiger partial charge is 0.496 e. The van der Waals surface area contributed by atoms with Crippen LogP contribution in [0.4, 0.5) is 14.5 Å². The zero-order valence-corrected chi connectivity index (χ0v) is 23.3. The maximum Gasteiger partial charge on any atom is 0.276 e. The van der Waals surface area contributed by atoms with E-state index in [-0.39, 0.29) is 17.7 Å². The fourth-order valence-electron chi connectivity index (χ4n) is 5.00. The number of imidazole rings is 1. The van der Waals surface area contributed by atoms with Crippen LogP contribution in [-0.2, 0) is 12.3 Å². The number of H-pyrrole nitrogens is 1. The monoisotopic (exact) mass is 531 g/mol. The van der Waals surface area contributed by atoms with Crippen molar-refractivity contribution in [3.63, 3.8) is 0 Å². The summed E-state index contributed by atoms with van der Waals surface area (Å²) in [4.78, 5) is 20.9. The van der Waals surface area contributed by atoms with Crippen molar-refractivity contribution in [2.45, 2.75) is 59.8 Å². The molecular formula is C32H35F2N3O2. The van der Waals surface area contributed by atoms with Crippen LogP contribution in [0.15, 0.2) is 54.6 Å². The van der Waals surface area contributed by atoms with E-state index in [0.717, 1.165) is 35.3 Å². The van der Waals surface area contributed by atoms with Crippen LogP contribution >= 0.6 is 0 Å². The lowest BCUT2D eigenvalue weighted by Gasteiger charge is -2.16. The number of hydrogen-bond acceptors (Lipinski definition) is 3. The first-order chi connectivity index (χ1) is 18.6. The Kier molecular flexibility index (Phi) is 8.19. The van der Waals surface area contributed by atoms with E-state index in [2.05, 4.69) is 48.2 Å². The number of amides is 1. The smallest absolute Gasteiger partial charge is 0.276 e. The molecule has 5 nitrogen and oxygen atoms in total. The molecule has 0 fully saturated rings. The Balaban J connectivity index is 1.67. The summed E-state index contributed by atoms with van der Waals surface area (Å²) in [5.74, 6) is -2.15. The van der Waals surface area contributed by atoms with Crippen molar-refractivity contribution in [1.29, 1.82) is 0 Å². The summed E-state index contributed by atoms with van der Waals surface area (Å²) in [5, 5.41) is 2.71. The van der Waals surface area contributed by atoms with Crippen LogP contribution < -0.4 is 10.1 Å². The minimum absolute atomic E-state index is 0.138. The number of hydrogen-bond donors (Lipinski definition) is 2. The number of alkyl halides is 2. The number of carbonyl (C=O) groups is 1. The van der Waals surface area contributed by atoms with Gasteiger partial charge < -0.3 is 15.0 Å². The van der Waals surface area contributed by atoms with Crippen molar-refractivity contribution in [3.05, 3.63) is 88.2 Å². The van der Waals surface area contributed by atoms with Gasteiger partial charge in [0.25, 0.3) is 11.8 Å². The molecule has 7 heteroatoms. The van der Waals surface area contributed by atoms with Gasteiger partial charge in [-0.1, -0.05) is 44.5 Å². The van der Waals surface area contributed by atoms with Gasteiger partial charge >= 0.3 is 0 Å². The summed E-state index contributed by atoms with van der Waals surface area (Å²) in [7, 11) is 1.65. The lowest BCUT2D eigenvalue weighted by molar-refractivity contribution is -0.00824. The number of benzene rings is 3. The number of aromatic nitrogens is 2. The molecule has 4 rings (SSSR count). The van der Waals surface area contributed by atoms with Crippen molar-refractivity contribution in [2.24, 2.45) is 0 Å². The highest BCUT2D eigenvalue weighted by atomic mass is 19.3. The third-order valence-corrected chi connectivity index (χ3v) is 6.96. The molecular weight excluding hydrogens is 496 g/mol. The molecule has 0 atom stereocenters. The minimum atomic E-state index is -2.96. The average Bonchev–Trinajstić information content (AvgIpc) is 3.30. The number of aryl methyl sites for hydroxylation is 4. The third-order valence-electron chi connectivity index (χ3n) is 6.96. The second-order valence-corrected chi connectivity index (χ2v) is 9.92. The van der Waals surface area contributed by atoms with Crippen molar-refractivity contribution in [3.8, 4) is 28.3 Å². The van der Waals surface area contributed by atoms with E-state index >= 15 is 0 Å². The molecule has 0 saturated carbocycles. The molecule has 0 unspecified atom stereocenters. The highest BCUT2D eigenvalue weighted by Crippen LogP contribution is 2.38. The van der Waals surface area contributed by atoms with Crippen LogP contribution in [0.3, 0.4) is 0 Å². The van der Waals surface area contributed by atoms with Crippen molar-refractivity contribution in [2.75, 3.05) is 12.4 Å². The first-order valence-electron chi connectivity index (χ1n) is 13.2. The third kappa shape index (κ3) is 5.87. The molecule has 0 spiro atoms. The van der Waals surface area contributed by atoms with Crippen LogP contribution in [0, 0.1) is 20.8 Å². The second kappa shape index (κ2) is 11.4. The standard InChI is InChI=1S/C32H35F2N3O2/c1-7-10-22-15-19(3)28(20(4)16-22)26-17-23(13-14-27(26)39-6)30-35-21(5)29(37-30)31(38)36-25-12-9-11-24(18-25)32(33,34)8-2/h9,11-18H,7-8,10H2,1-6H3,(H,35,37)(H,36,38). The van der Waals surface area contributed by atoms with Crippen LogP contribution in [0.5, 0.6) is 5.75 Å². The van der Waals surface area contributed by atoms with Crippen molar-refractivity contribution in [1.82, 2.24) is 9.97 Å². The van der Waals surface area contributed by atoms with Gasteiger partial charge in [0, 0.05) is 34.5 Å². The van der Waals surface area contributed by atoms with E-state index in [4.69, 9.17) is 4.74 Å². The van der Waals surface area contributed by atoms with Gasteiger partial charge in [-0.25, -0.2) is 13.8 Å². The summed E-state index contributed by atoms with van der Waals surface area (Å²) >= 11 is 0. The summed E-state index contributed by atoms with van der Waals surface area (Å²) in [6.45, 7) is 9.58. The molecule has 4 aromatic rings. The Bertz CT molecular complexity index is 1480. The summed E-state index contributed by atoms with van der Waals surface area (Å²) in [6, 6.07) is 16.0. The van der Waals surface area contributed by atoms with Gasteiger partial charge in [-0.2, -0.15) is 0 Å². The first-order valence-corrected chi connectivity index (χ1v) is 13.2. The van der Waals surface area contributed by atoms with E-state index in [1.54, 1.807) is 20.1 Å². The Morgan fingerprint density at radius 2 is 1.74 bits per heavy atom. The van der Waals surface area contributed by atoms with Gasteiger partial charge in [0.2, 0.25) is 0 Å². The molecule has 3 aromatic carbocycles. The van der Waals surface area contributed by atoms with E-state index in [0.29, 0.717) is 17.2 Å². The molecule has 204 valence electrons. The summed E-state index contributed by atoms with van der Waals surface area (Å²) in [5.41, 5.74) is 7.43. The van der Waals surface area contributed by atoms with E-state index < -0.39 is 11.8 Å². The molecule has 0 aliphatic rings. The highest BCUT2D eigenvalue weighted by molar-refractivity contribution is 6.04. The topological polar surface area (TPSA) is 67.0 Å². The number of rotatable bonds is 9. The van der Waals surface area contributed by atoms with Crippen LogP contribution in [0.25, 0.3) is 22.5 Å². The quantitative estimate of drug-likeness (QED) is 0.228. The van der Waals surface area contributed by atoms with Gasteiger partial charge in [-0.3, -0.25) is 4.79 Å². The Morgan fingerprint density at radius 1 is 1.03 bits per heavy atom. The van der Waals surface area contributed by atoms with E-state index in [1.165, 1.54) is 41.8 Å². The number of carbonyl (C=O) groups excluding carboxylic acids is 1. The summed E-state index contributed by atoms with van der Waals surface area (Å²) < 4.78 is 34.0. The number of aromatic amines is 1. The SMILES string of the molecule is CCCc1cc(C)c(-c2cc(-c3nc(C(=O)Nc4cccc(C(F)(F)CC)c4)c(C)[nH]3)ccc2OC)c(C)c1. The van der Waals surface area contributed by atoms with Crippen LogP contribution in [-0.4, -0.2) is 23.0 Å². The van der Waals surface area contributed by atoms with Crippen molar-refractivity contribution >= 4 is 11.6 Å². The number of nitrogens with one attached hydrogen (secondary N) is 2. The second-order valence-electron chi connectivity index (χ2n) is 9.92. The van der Waals surface area contributed by atoms with Gasteiger partial charge in [0.15, 0.2) is 0 Å². The number of anilines is 1. The number of halogens is 2. The van der Waals surface area contributed by atoms with Gasteiger partial charge in [0.1, 0.15) is 17.3 Å². The molecule has 0 radical (unpaired) electrons. The molecule has 2 N–H and O–H groups in total. The van der Waals surface area contributed by atoms with E-state index in [9.17, 15) is 13.6 Å². The first kappa shape index (κ1) is 28.0. The van der Waals surface area contributed by atoms with Crippen LogP contribution in [0.2, 0.25) is 0 Å². The van der Waals surface area contributed by atoms with Crippen LogP contribution in [0.1, 0.15) is 65.1 Å². The predicted octanol–water partition coefficient (Wildman–Crippen LogP) is 8.38. The van der Waals surface area contributed by atoms with Gasteiger partial charge in [-0.05, 0) is 79.8 Å². The lowest BCUT2D eigenvalue weighted by atomic mass is 9.91. The maximum atomic E-state index is 14.2. The zero-order chi connectivity index (χ0) is 28.3.